The van der Waals surface area contributed by atoms with Gasteiger partial charge in [-0.1, -0.05) is 6.07 Å². The van der Waals surface area contributed by atoms with Crippen molar-refractivity contribution >= 4 is 29.0 Å². The van der Waals surface area contributed by atoms with Crippen LogP contribution >= 0.6 is 0 Å². The summed E-state index contributed by atoms with van der Waals surface area (Å²) in [7, 11) is 0. The predicted molar refractivity (Wildman–Crippen MR) is 106 cm³/mol. The number of amides is 1. The molecule has 0 spiro atoms. The van der Waals surface area contributed by atoms with Crippen molar-refractivity contribution in [1.29, 1.82) is 0 Å². The Labute approximate surface area is 181 Å². The van der Waals surface area contributed by atoms with Crippen molar-refractivity contribution < 1.29 is 38.6 Å². The fourth-order valence-corrected chi connectivity index (χ4v) is 5.66. The van der Waals surface area contributed by atoms with Gasteiger partial charge in [0.05, 0.1) is 24.0 Å². The number of carbonyl (C=O) groups excluding carboxylic acids is 5. The molecule has 1 aromatic carbocycles. The lowest BCUT2D eigenvalue weighted by atomic mass is 9.53. The maximum atomic E-state index is 13.4. The summed E-state index contributed by atoms with van der Waals surface area (Å²) in [5, 5.41) is 21.6. The Morgan fingerprint density at radius 1 is 1.09 bits per heavy atom. The first kappa shape index (κ1) is 20.3. The van der Waals surface area contributed by atoms with E-state index in [4.69, 9.17) is 10.2 Å². The second kappa shape index (κ2) is 6.70. The predicted octanol–water partition coefficient (Wildman–Crippen LogP) is 0.587. The fourth-order valence-electron chi connectivity index (χ4n) is 5.66. The van der Waals surface area contributed by atoms with E-state index in [0.717, 1.165) is 0 Å². The van der Waals surface area contributed by atoms with Crippen molar-refractivity contribution in [3.8, 4) is 16.9 Å². The highest BCUT2D eigenvalue weighted by atomic mass is 16.3. The number of hydrogen-bond donors (Lipinski definition) is 3. The summed E-state index contributed by atoms with van der Waals surface area (Å²) in [6, 6.07) is 4.70. The van der Waals surface area contributed by atoms with E-state index < -0.39 is 58.3 Å². The van der Waals surface area contributed by atoms with Crippen LogP contribution in [0.5, 0.6) is 5.75 Å². The Morgan fingerprint density at radius 3 is 2.50 bits per heavy atom. The van der Waals surface area contributed by atoms with Crippen molar-refractivity contribution in [3.05, 3.63) is 41.9 Å². The van der Waals surface area contributed by atoms with Crippen molar-refractivity contribution in [2.45, 2.75) is 24.9 Å². The van der Waals surface area contributed by atoms with Gasteiger partial charge in [0.15, 0.2) is 34.7 Å². The molecule has 0 saturated heterocycles. The Kier molecular flexibility index (Phi) is 4.26. The van der Waals surface area contributed by atoms with Crippen LogP contribution in [0.4, 0.5) is 0 Å². The Hall–Kier alpha value is -3.59. The molecule has 4 N–H and O–H groups in total. The summed E-state index contributed by atoms with van der Waals surface area (Å²) in [4.78, 5) is 63.7. The van der Waals surface area contributed by atoms with Crippen LogP contribution in [0.2, 0.25) is 0 Å². The third-order valence-electron chi connectivity index (χ3n) is 7.12. The minimum atomic E-state index is -2.64. The van der Waals surface area contributed by atoms with Gasteiger partial charge in [0, 0.05) is 17.9 Å². The summed E-state index contributed by atoms with van der Waals surface area (Å²) >= 11 is 0. The van der Waals surface area contributed by atoms with E-state index in [1.807, 2.05) is 0 Å². The third kappa shape index (κ3) is 2.51. The normalized spacial score (nSPS) is 31.7. The van der Waals surface area contributed by atoms with Crippen molar-refractivity contribution in [2.75, 3.05) is 0 Å². The molecule has 5 atom stereocenters. The summed E-state index contributed by atoms with van der Waals surface area (Å²) in [5.74, 6) is -10.2. The van der Waals surface area contributed by atoms with Gasteiger partial charge in [-0.2, -0.15) is 0 Å². The van der Waals surface area contributed by atoms with Crippen molar-refractivity contribution in [2.24, 2.45) is 29.4 Å². The van der Waals surface area contributed by atoms with Gasteiger partial charge < -0.3 is 20.4 Å². The van der Waals surface area contributed by atoms with Crippen LogP contribution in [0, 0.1) is 23.7 Å². The minimum absolute atomic E-state index is 0.0360. The van der Waals surface area contributed by atoms with E-state index in [1.165, 1.54) is 18.6 Å². The molecule has 1 aromatic heterocycles. The van der Waals surface area contributed by atoms with Crippen LogP contribution in [0.25, 0.3) is 11.1 Å². The zero-order valence-electron chi connectivity index (χ0n) is 16.7. The van der Waals surface area contributed by atoms with E-state index in [0.29, 0.717) is 16.7 Å². The molecule has 3 aliphatic rings. The number of phenolic OH excluding ortho intramolecular Hbond substituents is 1. The largest absolute Gasteiger partial charge is 0.507 e. The molecule has 2 saturated carbocycles. The maximum Gasteiger partial charge on any atom is 0.235 e. The molecule has 2 unspecified atom stereocenters. The molecule has 9 heteroatoms. The summed E-state index contributed by atoms with van der Waals surface area (Å²) in [6.45, 7) is 0. The summed E-state index contributed by atoms with van der Waals surface area (Å²) < 4.78 is 5.13. The number of Topliss-reactive ketones (excluding diaryl/α,β-unsaturated/α-hetero) is 4. The lowest BCUT2D eigenvalue weighted by Gasteiger charge is -2.48. The number of aliphatic hydroxyl groups is 1. The molecule has 1 heterocycles. The first-order valence-corrected chi connectivity index (χ1v) is 10.2. The van der Waals surface area contributed by atoms with E-state index in [-0.39, 0.29) is 30.6 Å². The highest BCUT2D eigenvalue weighted by Gasteiger charge is 2.66. The molecule has 2 fully saturated rings. The number of furan rings is 1. The zero-order chi connectivity index (χ0) is 22.9. The molecule has 164 valence electrons. The zero-order valence-corrected chi connectivity index (χ0v) is 16.7. The minimum Gasteiger partial charge on any atom is -0.507 e. The second-order valence-electron chi connectivity index (χ2n) is 8.74. The smallest absolute Gasteiger partial charge is 0.235 e. The van der Waals surface area contributed by atoms with Gasteiger partial charge in [-0.3, -0.25) is 24.0 Å². The van der Waals surface area contributed by atoms with E-state index in [1.54, 1.807) is 12.1 Å². The molecule has 2 aromatic rings. The lowest BCUT2D eigenvalue weighted by molar-refractivity contribution is -0.175. The monoisotopic (exact) mass is 437 g/mol. The van der Waals surface area contributed by atoms with E-state index >= 15 is 0 Å². The van der Waals surface area contributed by atoms with Gasteiger partial charge in [-0.25, -0.2) is 0 Å². The van der Waals surface area contributed by atoms with Crippen LogP contribution in [0.3, 0.4) is 0 Å². The SMILES string of the molecule is NC(=O)C1C(=O)C[C@@H]2C[C@@H]3Cc4c(-c5ccoc5)ccc(O)c4C(=O)C3C(=O)[C@]2(O)C1=O. The number of benzene rings is 1. The molecule has 0 radical (unpaired) electrons. The highest BCUT2D eigenvalue weighted by Crippen LogP contribution is 2.51. The van der Waals surface area contributed by atoms with Crippen molar-refractivity contribution in [3.63, 3.8) is 0 Å². The molecule has 5 rings (SSSR count). The number of nitrogens with two attached hydrogens (primary N) is 1. The average molecular weight is 437 g/mol. The van der Waals surface area contributed by atoms with Crippen molar-refractivity contribution in [1.82, 2.24) is 0 Å². The van der Waals surface area contributed by atoms with Gasteiger partial charge in [0.25, 0.3) is 0 Å². The number of fused-ring (bicyclic) bond motifs is 3. The van der Waals surface area contributed by atoms with Crippen LogP contribution < -0.4 is 5.73 Å². The molecule has 9 nitrogen and oxygen atoms in total. The molecule has 3 aliphatic carbocycles. The molecular weight excluding hydrogens is 418 g/mol. The fraction of sp³-hybridized carbons (Fsp3) is 0.348. The average Bonchev–Trinajstić information content (AvgIpc) is 3.25. The van der Waals surface area contributed by atoms with Gasteiger partial charge in [0.1, 0.15) is 5.75 Å². The number of aromatic hydroxyl groups is 1. The number of hydrogen-bond acceptors (Lipinski definition) is 8. The van der Waals surface area contributed by atoms with Crippen LogP contribution in [0.15, 0.2) is 35.1 Å². The number of phenols is 1. The topological polar surface area (TPSA) is 165 Å². The number of ketones is 4. The van der Waals surface area contributed by atoms with E-state index in [9.17, 15) is 34.2 Å². The first-order chi connectivity index (χ1) is 15.2. The van der Waals surface area contributed by atoms with E-state index in [2.05, 4.69) is 0 Å². The Balaban J connectivity index is 1.62. The van der Waals surface area contributed by atoms with Crippen LogP contribution in [-0.2, 0) is 25.6 Å². The maximum absolute atomic E-state index is 13.4. The molecule has 0 bridgehead atoms. The number of carbonyl (C=O) groups is 5. The summed E-state index contributed by atoms with van der Waals surface area (Å²) in [5.41, 5.74) is 4.39. The van der Waals surface area contributed by atoms with Gasteiger partial charge >= 0.3 is 0 Å². The summed E-state index contributed by atoms with van der Waals surface area (Å²) in [6.07, 6.45) is 2.89. The second-order valence-corrected chi connectivity index (χ2v) is 8.74. The number of primary amides is 1. The van der Waals surface area contributed by atoms with Crippen LogP contribution in [0.1, 0.15) is 28.8 Å². The third-order valence-corrected chi connectivity index (χ3v) is 7.12. The lowest BCUT2D eigenvalue weighted by Crippen LogP contribution is -2.68. The Bertz CT molecular complexity index is 1210. The van der Waals surface area contributed by atoms with Gasteiger partial charge in [0.2, 0.25) is 5.91 Å². The van der Waals surface area contributed by atoms with Gasteiger partial charge in [-0.05, 0) is 42.0 Å². The first-order valence-electron chi connectivity index (χ1n) is 10.2. The molecule has 32 heavy (non-hydrogen) atoms. The Morgan fingerprint density at radius 2 is 1.84 bits per heavy atom. The quantitative estimate of drug-likeness (QED) is 0.574. The highest BCUT2D eigenvalue weighted by molar-refractivity contribution is 6.31. The molecule has 0 aliphatic heterocycles. The molecular formula is C23H19NO8. The number of rotatable bonds is 2. The standard InChI is InChI=1S/C23H19NO8/c24-22(30)18-15(26)7-11-5-10-6-13-12(9-3-4-32-8-9)1-2-14(25)17(13)19(27)16(10)20(28)23(11,31)21(18)29/h1-4,8,10-11,16,18,25,31H,5-7H2,(H2,24,30)/t10-,11+,16?,18?,23+/m1/s1. The van der Waals surface area contributed by atoms with Gasteiger partial charge in [-0.15, -0.1) is 0 Å². The molecule has 1 amide bonds. The van der Waals surface area contributed by atoms with Crippen LogP contribution in [-0.4, -0.2) is 44.9 Å².